The molecule has 23 heavy (non-hydrogen) atoms. The maximum Gasteiger partial charge on any atom is 0.229 e. The molecule has 1 aromatic heterocycles. The van der Waals surface area contributed by atoms with Crippen molar-refractivity contribution in [2.75, 3.05) is 34.3 Å². The summed E-state index contributed by atoms with van der Waals surface area (Å²) in [6.45, 7) is 5.43. The van der Waals surface area contributed by atoms with Gasteiger partial charge < -0.3 is 10.6 Å². The van der Waals surface area contributed by atoms with Crippen LogP contribution in [0.15, 0.2) is 34.9 Å². The van der Waals surface area contributed by atoms with Gasteiger partial charge in [0.05, 0.1) is 10.2 Å². The number of aromatic nitrogens is 2. The van der Waals surface area contributed by atoms with Crippen LogP contribution in [-0.4, -0.2) is 33.5 Å². The van der Waals surface area contributed by atoms with E-state index in [1.807, 2.05) is 42.4 Å². The van der Waals surface area contributed by atoms with Gasteiger partial charge in [0.15, 0.2) is 0 Å². The normalized spacial score (nSPS) is 11.8. The summed E-state index contributed by atoms with van der Waals surface area (Å²) in [6, 6.07) is 7.71. The minimum atomic E-state index is -1.06. The number of hydrogen-bond acceptors (Lipinski definition) is 5. The van der Waals surface area contributed by atoms with E-state index in [0.717, 1.165) is 28.2 Å². The van der Waals surface area contributed by atoms with Crippen molar-refractivity contribution in [2.45, 2.75) is 13.8 Å². The van der Waals surface area contributed by atoms with E-state index >= 15 is 0 Å². The molecule has 0 amide bonds. The van der Waals surface area contributed by atoms with E-state index in [1.165, 1.54) is 0 Å². The Bertz CT molecular complexity index is 697. The molecule has 2 aromatic rings. The van der Waals surface area contributed by atoms with Gasteiger partial charge in [-0.2, -0.15) is 4.98 Å². The molecule has 1 aromatic carbocycles. The van der Waals surface area contributed by atoms with Crippen LogP contribution < -0.4 is 14.9 Å². The molecule has 0 aliphatic carbocycles. The van der Waals surface area contributed by atoms with Crippen LogP contribution >= 0.6 is 15.9 Å². The minimum Gasteiger partial charge on any atom is -0.369 e. The number of nitrogens with zero attached hydrogens (tertiary/aromatic N) is 3. The number of hydrogen-bond donors (Lipinski definition) is 2. The number of halogens is 1. The van der Waals surface area contributed by atoms with Gasteiger partial charge in [-0.3, -0.25) is 4.31 Å². The molecule has 0 fully saturated rings. The van der Waals surface area contributed by atoms with Crippen molar-refractivity contribution in [3.8, 4) is 0 Å². The van der Waals surface area contributed by atoms with E-state index in [1.54, 1.807) is 12.5 Å². The van der Waals surface area contributed by atoms with E-state index in [4.69, 9.17) is 0 Å². The highest BCUT2D eigenvalue weighted by Gasteiger charge is 2.09. The smallest absolute Gasteiger partial charge is 0.229 e. The quantitative estimate of drug-likeness (QED) is 0.747. The van der Waals surface area contributed by atoms with Crippen LogP contribution in [0.1, 0.15) is 13.8 Å². The lowest BCUT2D eigenvalue weighted by Crippen LogP contribution is -2.24. The summed E-state index contributed by atoms with van der Waals surface area (Å²) in [5.74, 6) is 1.24. The first-order chi connectivity index (χ1) is 11.0. The van der Waals surface area contributed by atoms with Crippen molar-refractivity contribution in [2.24, 2.45) is 0 Å². The van der Waals surface area contributed by atoms with Gasteiger partial charge in [0.1, 0.15) is 16.8 Å². The molecule has 0 bridgehead atoms. The average molecular weight is 398 g/mol. The topological polar surface area (TPSA) is 70.2 Å². The zero-order chi connectivity index (χ0) is 16.8. The van der Waals surface area contributed by atoms with Gasteiger partial charge in [-0.05, 0) is 48.0 Å². The predicted octanol–water partition coefficient (Wildman–Crippen LogP) is 3.53. The molecule has 2 rings (SSSR count). The number of rotatable bonds is 7. The molecule has 1 atom stereocenters. The van der Waals surface area contributed by atoms with Gasteiger partial charge in [0, 0.05) is 31.2 Å². The molecular formula is C15H20BrN5OS. The Morgan fingerprint density at radius 1 is 1.35 bits per heavy atom. The lowest BCUT2D eigenvalue weighted by Gasteiger charge is -2.20. The maximum absolute atomic E-state index is 11.8. The molecule has 0 radical (unpaired) electrons. The number of anilines is 4. The van der Waals surface area contributed by atoms with Gasteiger partial charge in [-0.15, -0.1) is 0 Å². The van der Waals surface area contributed by atoms with E-state index < -0.39 is 11.0 Å². The highest BCUT2D eigenvalue weighted by atomic mass is 79.9. The van der Waals surface area contributed by atoms with Crippen LogP contribution in [-0.2, 0) is 11.0 Å². The number of benzene rings is 1. The summed E-state index contributed by atoms with van der Waals surface area (Å²) < 4.78 is 14.4. The summed E-state index contributed by atoms with van der Waals surface area (Å²) in [5, 5.41) is 6.35. The Balaban J connectivity index is 2.24. The first-order valence-corrected chi connectivity index (χ1v) is 9.60. The fourth-order valence-corrected chi connectivity index (χ4v) is 3.20. The molecule has 0 saturated heterocycles. The lowest BCUT2D eigenvalue weighted by molar-refractivity contribution is 0.683. The Morgan fingerprint density at radius 2 is 2.13 bits per heavy atom. The SMILES string of the molecule is CCNc1nc(Nc2cccc(N(CC)S(C)=O)c2)ncc1Br. The van der Waals surface area contributed by atoms with Gasteiger partial charge in [-0.1, -0.05) is 6.07 Å². The van der Waals surface area contributed by atoms with Crippen molar-refractivity contribution < 1.29 is 4.21 Å². The molecule has 2 N–H and O–H groups in total. The third-order valence-electron chi connectivity index (χ3n) is 3.08. The fraction of sp³-hybridized carbons (Fsp3) is 0.333. The van der Waals surface area contributed by atoms with E-state index in [9.17, 15) is 4.21 Å². The molecule has 8 heteroatoms. The lowest BCUT2D eigenvalue weighted by atomic mass is 10.3. The Kier molecular flexibility index (Phi) is 6.35. The molecule has 1 heterocycles. The predicted molar refractivity (Wildman–Crippen MR) is 101 cm³/mol. The Labute approximate surface area is 147 Å². The van der Waals surface area contributed by atoms with Gasteiger partial charge in [-0.25, -0.2) is 9.19 Å². The van der Waals surface area contributed by atoms with Crippen molar-refractivity contribution >= 4 is 50.1 Å². The van der Waals surface area contributed by atoms with E-state index in [0.29, 0.717) is 12.5 Å². The fourth-order valence-electron chi connectivity index (χ4n) is 2.10. The van der Waals surface area contributed by atoms with Crippen molar-refractivity contribution in [3.05, 3.63) is 34.9 Å². The zero-order valence-corrected chi connectivity index (χ0v) is 15.7. The standard InChI is InChI=1S/C15H20BrN5OS/c1-4-17-14-13(16)10-18-15(20-14)19-11-7-6-8-12(9-11)21(5-2)23(3)22/h6-10H,4-5H2,1-3H3,(H2,17,18,19,20). The molecule has 124 valence electrons. The van der Waals surface area contributed by atoms with Crippen LogP contribution in [0.25, 0.3) is 0 Å². The molecule has 6 nitrogen and oxygen atoms in total. The average Bonchev–Trinajstić information content (AvgIpc) is 2.52. The summed E-state index contributed by atoms with van der Waals surface area (Å²) >= 11 is 3.42. The summed E-state index contributed by atoms with van der Waals surface area (Å²) in [6.07, 6.45) is 3.38. The van der Waals surface area contributed by atoms with Gasteiger partial charge >= 0.3 is 0 Å². The molecule has 0 aliphatic heterocycles. The highest BCUT2D eigenvalue weighted by molar-refractivity contribution is 9.10. The number of nitrogens with one attached hydrogen (secondary N) is 2. The monoisotopic (exact) mass is 397 g/mol. The first-order valence-electron chi connectivity index (χ1n) is 7.29. The summed E-state index contributed by atoms with van der Waals surface area (Å²) in [4.78, 5) is 8.70. The molecule has 0 spiro atoms. The van der Waals surface area contributed by atoms with E-state index in [-0.39, 0.29) is 0 Å². The minimum absolute atomic E-state index is 0.502. The third-order valence-corrected chi connectivity index (χ3v) is 4.75. The maximum atomic E-state index is 11.8. The van der Waals surface area contributed by atoms with Gasteiger partial charge in [0.2, 0.25) is 5.95 Å². The van der Waals surface area contributed by atoms with E-state index in [2.05, 4.69) is 36.5 Å². The molecule has 0 saturated carbocycles. The van der Waals surface area contributed by atoms with Crippen LogP contribution in [0.3, 0.4) is 0 Å². The van der Waals surface area contributed by atoms with Crippen molar-refractivity contribution in [3.63, 3.8) is 0 Å². The van der Waals surface area contributed by atoms with Gasteiger partial charge in [0.25, 0.3) is 0 Å². The summed E-state index contributed by atoms with van der Waals surface area (Å²) in [7, 11) is -1.06. The zero-order valence-electron chi connectivity index (χ0n) is 13.3. The molecule has 0 aliphatic rings. The van der Waals surface area contributed by atoms with Crippen LogP contribution in [0.4, 0.5) is 23.1 Å². The Hall–Kier alpha value is -1.67. The highest BCUT2D eigenvalue weighted by Crippen LogP contribution is 2.24. The summed E-state index contributed by atoms with van der Waals surface area (Å²) in [5.41, 5.74) is 1.73. The Morgan fingerprint density at radius 3 is 2.78 bits per heavy atom. The van der Waals surface area contributed by atoms with Crippen LogP contribution in [0.5, 0.6) is 0 Å². The second-order valence-electron chi connectivity index (χ2n) is 4.71. The largest absolute Gasteiger partial charge is 0.369 e. The second-order valence-corrected chi connectivity index (χ2v) is 6.86. The van der Waals surface area contributed by atoms with Crippen molar-refractivity contribution in [1.82, 2.24) is 9.97 Å². The second kappa shape index (κ2) is 8.26. The third kappa shape index (κ3) is 4.65. The van der Waals surface area contributed by atoms with Crippen LogP contribution in [0, 0.1) is 0 Å². The molecule has 1 unspecified atom stereocenters. The first kappa shape index (κ1) is 17.7. The molecular weight excluding hydrogens is 378 g/mol. The van der Waals surface area contributed by atoms with Crippen molar-refractivity contribution in [1.29, 1.82) is 0 Å². The van der Waals surface area contributed by atoms with Crippen LogP contribution in [0.2, 0.25) is 0 Å².